The predicted octanol–water partition coefficient (Wildman–Crippen LogP) is 2.72. The first-order valence-electron chi connectivity index (χ1n) is 7.62. The van der Waals surface area contributed by atoms with Crippen molar-refractivity contribution in [2.24, 2.45) is 11.3 Å². The van der Waals surface area contributed by atoms with E-state index in [4.69, 9.17) is 0 Å². The van der Waals surface area contributed by atoms with Crippen LogP contribution in [0.25, 0.3) is 0 Å². The highest BCUT2D eigenvalue weighted by Crippen LogP contribution is 2.39. The van der Waals surface area contributed by atoms with Gasteiger partial charge in [-0.1, -0.05) is 38.5 Å². The van der Waals surface area contributed by atoms with Crippen molar-refractivity contribution in [3.8, 4) is 0 Å². The summed E-state index contributed by atoms with van der Waals surface area (Å²) in [6.45, 7) is 0.708. The van der Waals surface area contributed by atoms with Crippen molar-refractivity contribution in [2.75, 3.05) is 6.54 Å². The van der Waals surface area contributed by atoms with Crippen LogP contribution >= 0.6 is 0 Å². The average molecular weight is 267 g/mol. The Morgan fingerprint density at radius 2 is 1.79 bits per heavy atom. The Labute approximate surface area is 115 Å². The van der Waals surface area contributed by atoms with Crippen LogP contribution in [0.5, 0.6) is 0 Å². The van der Waals surface area contributed by atoms with Crippen LogP contribution in [-0.4, -0.2) is 23.5 Å². The summed E-state index contributed by atoms with van der Waals surface area (Å²) >= 11 is 0. The number of hydrogen-bond acceptors (Lipinski definition) is 2. The predicted molar refractivity (Wildman–Crippen MR) is 72.7 cm³/mol. The molecule has 0 atom stereocenters. The summed E-state index contributed by atoms with van der Waals surface area (Å²) in [7, 11) is 0. The van der Waals surface area contributed by atoms with Crippen LogP contribution in [0.2, 0.25) is 0 Å². The number of amides is 1. The molecule has 19 heavy (non-hydrogen) atoms. The van der Waals surface area contributed by atoms with E-state index < -0.39 is 11.4 Å². The van der Waals surface area contributed by atoms with E-state index in [1.807, 2.05) is 0 Å². The maximum atomic E-state index is 11.9. The SMILES string of the molecule is O=C(CC1(C(=O)O)CCCCC1)NCCC1CCC1. The molecule has 0 aliphatic heterocycles. The number of carboxylic acids is 1. The Kier molecular flexibility index (Phi) is 4.83. The minimum atomic E-state index is -0.793. The molecule has 2 aliphatic rings. The zero-order valence-electron chi connectivity index (χ0n) is 11.6. The van der Waals surface area contributed by atoms with Crippen molar-refractivity contribution in [3.05, 3.63) is 0 Å². The first-order chi connectivity index (χ1) is 9.12. The Morgan fingerprint density at radius 1 is 1.11 bits per heavy atom. The third-order valence-electron chi connectivity index (χ3n) is 4.86. The van der Waals surface area contributed by atoms with Crippen LogP contribution in [0.15, 0.2) is 0 Å². The maximum absolute atomic E-state index is 11.9. The summed E-state index contributed by atoms with van der Waals surface area (Å²) in [5.74, 6) is -0.0895. The Balaban J connectivity index is 1.76. The fourth-order valence-electron chi connectivity index (χ4n) is 3.26. The molecule has 0 aromatic rings. The van der Waals surface area contributed by atoms with E-state index in [9.17, 15) is 14.7 Å². The van der Waals surface area contributed by atoms with E-state index in [1.54, 1.807) is 0 Å². The van der Waals surface area contributed by atoms with Gasteiger partial charge >= 0.3 is 5.97 Å². The zero-order chi connectivity index (χ0) is 13.7. The van der Waals surface area contributed by atoms with Gasteiger partial charge in [0.15, 0.2) is 0 Å². The van der Waals surface area contributed by atoms with Gasteiger partial charge in [0.1, 0.15) is 0 Å². The van der Waals surface area contributed by atoms with Gasteiger partial charge in [-0.2, -0.15) is 0 Å². The van der Waals surface area contributed by atoms with Gasteiger partial charge in [0.2, 0.25) is 5.91 Å². The molecule has 4 heteroatoms. The zero-order valence-corrected chi connectivity index (χ0v) is 11.6. The number of carbonyl (C=O) groups excluding carboxylic acids is 1. The van der Waals surface area contributed by atoms with Crippen molar-refractivity contribution in [1.29, 1.82) is 0 Å². The van der Waals surface area contributed by atoms with Crippen molar-refractivity contribution in [2.45, 2.75) is 64.2 Å². The topological polar surface area (TPSA) is 66.4 Å². The third kappa shape index (κ3) is 3.71. The van der Waals surface area contributed by atoms with Gasteiger partial charge < -0.3 is 10.4 Å². The van der Waals surface area contributed by atoms with E-state index in [0.717, 1.165) is 31.6 Å². The molecule has 2 rings (SSSR count). The standard InChI is InChI=1S/C15H25NO3/c17-13(16-10-7-12-5-4-6-12)11-15(14(18)19)8-2-1-3-9-15/h12H,1-11H2,(H,16,17)(H,18,19). The second kappa shape index (κ2) is 6.40. The Bertz CT molecular complexity index is 330. The number of aliphatic carboxylic acids is 1. The number of carbonyl (C=O) groups is 2. The molecule has 0 aromatic carbocycles. The fourth-order valence-corrected chi connectivity index (χ4v) is 3.26. The van der Waals surface area contributed by atoms with E-state index in [0.29, 0.717) is 19.4 Å². The molecule has 2 saturated carbocycles. The summed E-state index contributed by atoms with van der Waals surface area (Å²) < 4.78 is 0. The molecule has 0 bridgehead atoms. The molecule has 0 spiro atoms. The fraction of sp³-hybridized carbons (Fsp3) is 0.867. The Hall–Kier alpha value is -1.06. The average Bonchev–Trinajstić information content (AvgIpc) is 2.33. The van der Waals surface area contributed by atoms with Crippen LogP contribution in [-0.2, 0) is 9.59 Å². The van der Waals surface area contributed by atoms with Crippen LogP contribution in [0, 0.1) is 11.3 Å². The van der Waals surface area contributed by atoms with Crippen molar-refractivity contribution >= 4 is 11.9 Å². The number of hydrogen-bond donors (Lipinski definition) is 2. The second-order valence-corrected chi connectivity index (χ2v) is 6.26. The van der Waals surface area contributed by atoms with Gasteiger partial charge in [0.05, 0.1) is 5.41 Å². The van der Waals surface area contributed by atoms with E-state index in [2.05, 4.69) is 5.32 Å². The van der Waals surface area contributed by atoms with Crippen molar-refractivity contribution in [1.82, 2.24) is 5.32 Å². The molecular formula is C15H25NO3. The smallest absolute Gasteiger partial charge is 0.310 e. The molecule has 2 fully saturated rings. The van der Waals surface area contributed by atoms with E-state index in [-0.39, 0.29) is 12.3 Å². The van der Waals surface area contributed by atoms with Crippen LogP contribution in [0.1, 0.15) is 64.2 Å². The lowest BCUT2D eigenvalue weighted by Crippen LogP contribution is -2.39. The van der Waals surface area contributed by atoms with E-state index in [1.165, 1.54) is 19.3 Å². The number of carboxylic acid groups (broad SMARTS) is 1. The summed E-state index contributed by atoms with van der Waals surface area (Å²) in [6, 6.07) is 0. The quantitative estimate of drug-likeness (QED) is 0.777. The van der Waals surface area contributed by atoms with E-state index >= 15 is 0 Å². The lowest BCUT2D eigenvalue weighted by molar-refractivity contribution is -0.154. The molecule has 4 nitrogen and oxygen atoms in total. The summed E-state index contributed by atoms with van der Waals surface area (Å²) in [5.41, 5.74) is -0.793. The molecule has 0 aromatic heterocycles. The van der Waals surface area contributed by atoms with Crippen LogP contribution in [0.3, 0.4) is 0 Å². The first kappa shape index (κ1) is 14.4. The summed E-state index contributed by atoms with van der Waals surface area (Å²) in [6.07, 6.45) is 9.36. The molecule has 0 unspecified atom stereocenters. The first-order valence-corrected chi connectivity index (χ1v) is 7.62. The highest BCUT2D eigenvalue weighted by atomic mass is 16.4. The lowest BCUT2D eigenvalue weighted by Gasteiger charge is -2.32. The Morgan fingerprint density at radius 3 is 2.32 bits per heavy atom. The largest absolute Gasteiger partial charge is 0.481 e. The highest BCUT2D eigenvalue weighted by molar-refractivity contribution is 5.85. The van der Waals surface area contributed by atoms with Crippen molar-refractivity contribution < 1.29 is 14.7 Å². The maximum Gasteiger partial charge on any atom is 0.310 e. The monoisotopic (exact) mass is 267 g/mol. The molecule has 1 amide bonds. The van der Waals surface area contributed by atoms with Crippen LogP contribution < -0.4 is 5.32 Å². The molecular weight excluding hydrogens is 242 g/mol. The van der Waals surface area contributed by atoms with Crippen molar-refractivity contribution in [3.63, 3.8) is 0 Å². The van der Waals surface area contributed by atoms with Gasteiger partial charge in [-0.05, 0) is 25.2 Å². The highest BCUT2D eigenvalue weighted by Gasteiger charge is 2.41. The molecule has 2 N–H and O–H groups in total. The molecule has 0 radical (unpaired) electrons. The third-order valence-corrected chi connectivity index (χ3v) is 4.86. The number of rotatable bonds is 6. The molecule has 2 aliphatic carbocycles. The lowest BCUT2D eigenvalue weighted by atomic mass is 9.71. The second-order valence-electron chi connectivity index (χ2n) is 6.26. The minimum Gasteiger partial charge on any atom is -0.481 e. The molecule has 0 heterocycles. The minimum absolute atomic E-state index is 0.0800. The van der Waals surface area contributed by atoms with Crippen LogP contribution in [0.4, 0.5) is 0 Å². The van der Waals surface area contributed by atoms with Gasteiger partial charge in [0.25, 0.3) is 0 Å². The molecule has 108 valence electrons. The molecule has 0 saturated heterocycles. The van der Waals surface area contributed by atoms with Gasteiger partial charge in [-0.3, -0.25) is 9.59 Å². The normalized spacial score (nSPS) is 22.5. The summed E-state index contributed by atoms with van der Waals surface area (Å²) in [5, 5.41) is 12.3. The summed E-state index contributed by atoms with van der Waals surface area (Å²) in [4.78, 5) is 23.4. The number of nitrogens with one attached hydrogen (secondary N) is 1. The van der Waals surface area contributed by atoms with Gasteiger partial charge in [-0.15, -0.1) is 0 Å². The van der Waals surface area contributed by atoms with Gasteiger partial charge in [-0.25, -0.2) is 0 Å². The van der Waals surface area contributed by atoms with Gasteiger partial charge in [0, 0.05) is 13.0 Å².